The molecule has 0 aromatic heterocycles. The summed E-state index contributed by atoms with van der Waals surface area (Å²) in [6, 6.07) is 0.450. The molecule has 1 amide bonds. The van der Waals surface area contributed by atoms with Crippen LogP contribution in [0.1, 0.15) is 32.1 Å². The molecule has 3 rings (SSSR count). The van der Waals surface area contributed by atoms with Gasteiger partial charge in [0.15, 0.2) is 0 Å². The van der Waals surface area contributed by atoms with Crippen molar-refractivity contribution in [2.75, 3.05) is 53.6 Å². The minimum absolute atomic E-state index is 0.0583. The van der Waals surface area contributed by atoms with Crippen molar-refractivity contribution in [2.24, 2.45) is 11.3 Å². The molecule has 138 valence electrons. The lowest BCUT2D eigenvalue weighted by Crippen LogP contribution is -2.48. The molecule has 1 saturated carbocycles. The highest BCUT2D eigenvalue weighted by molar-refractivity contribution is 5.80. The standard InChI is InChI=1S/C18H31FN2O3/c1-23-8-7-21-13-18(11-16(21)12-24-2)3-5-20(6-4-18)17(22)14-9-15(19)10-14/h14-16H,3-13H2,1-2H3. The maximum atomic E-state index is 13.0. The summed E-state index contributed by atoms with van der Waals surface area (Å²) >= 11 is 0. The third kappa shape index (κ3) is 3.75. The predicted molar refractivity (Wildman–Crippen MR) is 89.6 cm³/mol. The highest BCUT2D eigenvalue weighted by atomic mass is 19.1. The fourth-order valence-corrected chi connectivity index (χ4v) is 4.65. The van der Waals surface area contributed by atoms with E-state index in [1.807, 2.05) is 4.90 Å². The van der Waals surface area contributed by atoms with E-state index in [9.17, 15) is 9.18 Å². The molecule has 0 radical (unpaired) electrons. The summed E-state index contributed by atoms with van der Waals surface area (Å²) in [5.74, 6) is 0.124. The van der Waals surface area contributed by atoms with Gasteiger partial charge in [0.2, 0.25) is 5.91 Å². The van der Waals surface area contributed by atoms with E-state index in [-0.39, 0.29) is 11.8 Å². The van der Waals surface area contributed by atoms with E-state index in [1.165, 1.54) is 0 Å². The van der Waals surface area contributed by atoms with Crippen LogP contribution in [0.3, 0.4) is 0 Å². The normalized spacial score (nSPS) is 33.0. The third-order valence-corrected chi connectivity index (χ3v) is 6.23. The molecule has 0 aromatic rings. The van der Waals surface area contributed by atoms with Gasteiger partial charge < -0.3 is 14.4 Å². The number of nitrogens with zero attached hydrogens (tertiary/aromatic N) is 2. The number of likely N-dealkylation sites (tertiary alicyclic amines) is 2. The van der Waals surface area contributed by atoms with E-state index in [1.54, 1.807) is 14.2 Å². The molecule has 1 spiro atoms. The van der Waals surface area contributed by atoms with E-state index in [0.717, 1.165) is 58.7 Å². The number of amides is 1. The Labute approximate surface area is 144 Å². The van der Waals surface area contributed by atoms with Crippen molar-refractivity contribution in [1.29, 1.82) is 0 Å². The molecule has 3 fully saturated rings. The topological polar surface area (TPSA) is 42.0 Å². The van der Waals surface area contributed by atoms with Gasteiger partial charge in [-0.1, -0.05) is 0 Å². The molecule has 1 unspecified atom stereocenters. The van der Waals surface area contributed by atoms with Crippen LogP contribution in [0, 0.1) is 11.3 Å². The Morgan fingerprint density at radius 2 is 1.92 bits per heavy atom. The van der Waals surface area contributed by atoms with Gasteiger partial charge in [0.25, 0.3) is 0 Å². The quantitative estimate of drug-likeness (QED) is 0.737. The highest BCUT2D eigenvalue weighted by Gasteiger charge is 2.47. The Morgan fingerprint density at radius 3 is 2.50 bits per heavy atom. The fraction of sp³-hybridized carbons (Fsp3) is 0.944. The number of halogens is 1. The number of piperidine rings is 1. The molecule has 2 aliphatic heterocycles. The summed E-state index contributed by atoms with van der Waals surface area (Å²) in [6.07, 6.45) is 3.35. The molecule has 5 nitrogen and oxygen atoms in total. The molecular weight excluding hydrogens is 311 g/mol. The first-order valence-corrected chi connectivity index (χ1v) is 9.22. The van der Waals surface area contributed by atoms with Crippen LogP contribution in [0.5, 0.6) is 0 Å². The van der Waals surface area contributed by atoms with Crippen LogP contribution in [0.2, 0.25) is 0 Å². The second-order valence-electron chi connectivity index (χ2n) is 7.87. The minimum Gasteiger partial charge on any atom is -0.383 e. The van der Waals surface area contributed by atoms with Gasteiger partial charge >= 0.3 is 0 Å². The number of ether oxygens (including phenoxy) is 2. The average Bonchev–Trinajstić information content (AvgIpc) is 2.88. The lowest BCUT2D eigenvalue weighted by Gasteiger charge is -2.42. The van der Waals surface area contributed by atoms with Gasteiger partial charge in [-0.05, 0) is 37.5 Å². The van der Waals surface area contributed by atoms with Crippen LogP contribution < -0.4 is 0 Å². The largest absolute Gasteiger partial charge is 0.383 e. The van der Waals surface area contributed by atoms with Crippen LogP contribution in [0.15, 0.2) is 0 Å². The van der Waals surface area contributed by atoms with Crippen LogP contribution in [0.4, 0.5) is 4.39 Å². The lowest BCUT2D eigenvalue weighted by molar-refractivity contribution is -0.142. The zero-order chi connectivity index (χ0) is 17.2. The molecule has 2 saturated heterocycles. The molecule has 1 aliphatic carbocycles. The zero-order valence-corrected chi connectivity index (χ0v) is 15.0. The fourth-order valence-electron chi connectivity index (χ4n) is 4.65. The first-order chi connectivity index (χ1) is 11.6. The van der Waals surface area contributed by atoms with Gasteiger partial charge in [0.05, 0.1) is 13.2 Å². The van der Waals surface area contributed by atoms with Crippen molar-refractivity contribution >= 4 is 5.91 Å². The monoisotopic (exact) mass is 342 g/mol. The molecule has 3 aliphatic rings. The molecule has 0 bridgehead atoms. The molecule has 0 aromatic carbocycles. The Kier molecular flexibility index (Phi) is 5.78. The summed E-state index contributed by atoms with van der Waals surface area (Å²) in [7, 11) is 3.50. The van der Waals surface area contributed by atoms with Crippen molar-refractivity contribution in [3.63, 3.8) is 0 Å². The molecule has 0 N–H and O–H groups in total. The maximum Gasteiger partial charge on any atom is 0.225 e. The first-order valence-electron chi connectivity index (χ1n) is 9.22. The molecule has 24 heavy (non-hydrogen) atoms. The number of carbonyl (C=O) groups is 1. The summed E-state index contributed by atoms with van der Waals surface area (Å²) in [5.41, 5.74) is 0.302. The third-order valence-electron chi connectivity index (χ3n) is 6.23. The van der Waals surface area contributed by atoms with Gasteiger partial charge in [-0.3, -0.25) is 9.69 Å². The smallest absolute Gasteiger partial charge is 0.225 e. The van der Waals surface area contributed by atoms with Crippen LogP contribution >= 0.6 is 0 Å². The Bertz CT molecular complexity index is 434. The van der Waals surface area contributed by atoms with Gasteiger partial charge in [0.1, 0.15) is 6.17 Å². The van der Waals surface area contributed by atoms with Crippen LogP contribution in [-0.2, 0) is 14.3 Å². The van der Waals surface area contributed by atoms with Crippen molar-refractivity contribution in [1.82, 2.24) is 9.80 Å². The molecule has 2 heterocycles. The first kappa shape index (κ1) is 18.1. The van der Waals surface area contributed by atoms with E-state index < -0.39 is 6.17 Å². The van der Waals surface area contributed by atoms with E-state index in [2.05, 4.69) is 4.90 Å². The van der Waals surface area contributed by atoms with Gasteiger partial charge in [-0.25, -0.2) is 4.39 Å². The molecular formula is C18H31FN2O3. The SMILES string of the molecule is COCCN1CC2(CCN(C(=O)C3CC(F)C3)CC2)CC1COC. The number of hydrogen-bond donors (Lipinski definition) is 0. The van der Waals surface area contributed by atoms with Crippen LogP contribution in [-0.4, -0.2) is 81.5 Å². The summed E-state index contributed by atoms with van der Waals surface area (Å²) in [4.78, 5) is 16.9. The summed E-state index contributed by atoms with van der Waals surface area (Å²) in [6.45, 7) is 5.16. The highest BCUT2D eigenvalue weighted by Crippen LogP contribution is 2.44. The number of alkyl halides is 1. The zero-order valence-electron chi connectivity index (χ0n) is 15.0. The van der Waals surface area contributed by atoms with Gasteiger partial charge in [0, 0.05) is 52.4 Å². The summed E-state index contributed by atoms with van der Waals surface area (Å²) < 4.78 is 23.7. The Morgan fingerprint density at radius 1 is 1.21 bits per heavy atom. The van der Waals surface area contributed by atoms with Crippen LogP contribution in [0.25, 0.3) is 0 Å². The Balaban J connectivity index is 1.53. The van der Waals surface area contributed by atoms with E-state index in [0.29, 0.717) is 24.3 Å². The predicted octanol–water partition coefficient (Wildman–Crippen LogP) is 1.71. The second kappa shape index (κ2) is 7.67. The average molecular weight is 342 g/mol. The maximum absolute atomic E-state index is 13.0. The number of hydrogen-bond acceptors (Lipinski definition) is 4. The van der Waals surface area contributed by atoms with Crippen molar-refractivity contribution in [3.8, 4) is 0 Å². The van der Waals surface area contributed by atoms with Crippen molar-refractivity contribution in [3.05, 3.63) is 0 Å². The van der Waals surface area contributed by atoms with Crippen molar-refractivity contribution in [2.45, 2.75) is 44.3 Å². The van der Waals surface area contributed by atoms with Gasteiger partial charge in [-0.15, -0.1) is 0 Å². The van der Waals surface area contributed by atoms with E-state index >= 15 is 0 Å². The minimum atomic E-state index is -0.756. The van der Waals surface area contributed by atoms with E-state index in [4.69, 9.17) is 9.47 Å². The number of rotatable bonds is 6. The summed E-state index contributed by atoms with van der Waals surface area (Å²) in [5, 5.41) is 0. The number of methoxy groups -OCH3 is 2. The number of carbonyl (C=O) groups excluding carboxylic acids is 1. The van der Waals surface area contributed by atoms with Gasteiger partial charge in [-0.2, -0.15) is 0 Å². The lowest BCUT2D eigenvalue weighted by atomic mass is 9.75. The molecule has 6 heteroatoms. The second-order valence-corrected chi connectivity index (χ2v) is 7.87. The Hall–Kier alpha value is -0.720. The molecule has 1 atom stereocenters. The van der Waals surface area contributed by atoms with Crippen molar-refractivity contribution < 1.29 is 18.7 Å².